The fraction of sp³-hybridized carbons (Fsp3) is 0.0571. The van der Waals surface area contributed by atoms with Gasteiger partial charge in [-0.05, 0) is 71.6 Å². The zero-order chi connectivity index (χ0) is 30.6. The van der Waals surface area contributed by atoms with E-state index in [1.807, 2.05) is 72.1 Å². The molecule has 44 heavy (non-hydrogen) atoms. The van der Waals surface area contributed by atoms with Crippen molar-refractivity contribution < 1.29 is 19.1 Å². The fourth-order valence-corrected chi connectivity index (χ4v) is 6.46. The van der Waals surface area contributed by atoms with Gasteiger partial charge in [-0.3, -0.25) is 9.59 Å². The smallest absolute Gasteiger partial charge is 0.267 e. The highest BCUT2D eigenvalue weighted by atomic mass is 32.1. The number of aromatic nitrogens is 1. The van der Waals surface area contributed by atoms with E-state index in [0.717, 1.165) is 27.3 Å². The Hall–Kier alpha value is -5.25. The van der Waals surface area contributed by atoms with E-state index in [1.165, 1.54) is 11.3 Å². The number of thiophene rings is 2. The molecule has 0 saturated heterocycles. The molecule has 0 fully saturated rings. The number of nitrogens with zero attached hydrogens (tertiary/aromatic N) is 1. The number of pyridine rings is 1. The number of ether oxygens (including phenoxy) is 2. The first-order chi connectivity index (χ1) is 21.4. The molecule has 7 nitrogen and oxygen atoms in total. The minimum absolute atomic E-state index is 0.119. The first kappa shape index (κ1) is 28.9. The van der Waals surface area contributed by atoms with Crippen LogP contribution >= 0.6 is 22.7 Å². The van der Waals surface area contributed by atoms with Crippen LogP contribution in [-0.2, 0) is 0 Å². The standard InChI is InChI=1S/C35H27N3O4S2/c1-41-24-14-16-26(30(19-24)42-2)27-20-28(21-7-4-3-5-8-21)38-35-31(27)32(36)33(44-35)34(40)37-23-12-10-22(11-13-23)29(39)17-15-25-9-6-18-43-25/h3-20H,36H2,1-2H3,(H,37,40)/b17-15+. The average molecular weight is 618 g/mol. The Morgan fingerprint density at radius 1 is 0.886 bits per heavy atom. The molecule has 0 saturated carbocycles. The number of nitrogens with one attached hydrogen (secondary N) is 1. The molecule has 0 unspecified atom stereocenters. The summed E-state index contributed by atoms with van der Waals surface area (Å²) in [6, 6.07) is 28.0. The second kappa shape index (κ2) is 12.5. The molecule has 3 aromatic carbocycles. The quantitative estimate of drug-likeness (QED) is 0.125. The molecular weight excluding hydrogens is 591 g/mol. The van der Waals surface area contributed by atoms with Crippen LogP contribution in [0.15, 0.2) is 102 Å². The maximum Gasteiger partial charge on any atom is 0.267 e. The minimum atomic E-state index is -0.365. The molecule has 3 aromatic heterocycles. The van der Waals surface area contributed by atoms with Crippen molar-refractivity contribution in [3.8, 4) is 33.9 Å². The highest BCUT2D eigenvalue weighted by Crippen LogP contribution is 2.44. The van der Waals surface area contributed by atoms with Gasteiger partial charge in [0.1, 0.15) is 21.2 Å². The number of rotatable bonds is 9. The number of fused-ring (bicyclic) bond motifs is 1. The molecule has 0 aliphatic heterocycles. The van der Waals surface area contributed by atoms with Gasteiger partial charge in [0.2, 0.25) is 0 Å². The van der Waals surface area contributed by atoms with Crippen molar-refractivity contribution in [3.05, 3.63) is 118 Å². The van der Waals surface area contributed by atoms with Crippen LogP contribution in [0.3, 0.4) is 0 Å². The van der Waals surface area contributed by atoms with Crippen molar-refractivity contribution in [2.45, 2.75) is 0 Å². The van der Waals surface area contributed by atoms with E-state index in [1.54, 1.807) is 62.0 Å². The Balaban J connectivity index is 1.35. The van der Waals surface area contributed by atoms with Crippen molar-refractivity contribution in [1.29, 1.82) is 0 Å². The third-order valence-corrected chi connectivity index (χ3v) is 8.98. The number of anilines is 2. The number of methoxy groups -OCH3 is 2. The molecule has 6 aromatic rings. The van der Waals surface area contributed by atoms with Gasteiger partial charge < -0.3 is 20.5 Å². The normalized spacial score (nSPS) is 11.1. The van der Waals surface area contributed by atoms with Crippen LogP contribution in [0.25, 0.3) is 38.7 Å². The molecule has 3 N–H and O–H groups in total. The second-order valence-corrected chi connectivity index (χ2v) is 11.7. The molecule has 0 atom stereocenters. The number of nitrogen functional groups attached to an aromatic ring is 1. The fourth-order valence-electron chi connectivity index (χ4n) is 4.83. The van der Waals surface area contributed by atoms with E-state index in [0.29, 0.717) is 43.5 Å². The van der Waals surface area contributed by atoms with Gasteiger partial charge in [-0.2, -0.15) is 0 Å². The van der Waals surface area contributed by atoms with Gasteiger partial charge in [0.25, 0.3) is 5.91 Å². The van der Waals surface area contributed by atoms with Crippen molar-refractivity contribution in [3.63, 3.8) is 0 Å². The molecule has 3 heterocycles. The molecule has 0 bridgehead atoms. The predicted molar refractivity (Wildman–Crippen MR) is 180 cm³/mol. The van der Waals surface area contributed by atoms with Crippen LogP contribution in [0.4, 0.5) is 11.4 Å². The molecule has 0 aliphatic rings. The maximum atomic E-state index is 13.5. The molecule has 0 radical (unpaired) electrons. The number of carbonyl (C=O) groups excluding carboxylic acids is 2. The molecule has 9 heteroatoms. The number of hydrogen-bond donors (Lipinski definition) is 2. The van der Waals surface area contributed by atoms with Crippen molar-refractivity contribution >= 4 is 62.0 Å². The highest BCUT2D eigenvalue weighted by Gasteiger charge is 2.23. The largest absolute Gasteiger partial charge is 0.497 e. The van der Waals surface area contributed by atoms with Crippen molar-refractivity contribution in [2.24, 2.45) is 0 Å². The number of hydrogen-bond acceptors (Lipinski definition) is 8. The predicted octanol–water partition coefficient (Wildman–Crippen LogP) is 8.44. The summed E-state index contributed by atoms with van der Waals surface area (Å²) in [7, 11) is 3.20. The Kier molecular flexibility index (Phi) is 8.23. The van der Waals surface area contributed by atoms with E-state index in [9.17, 15) is 9.59 Å². The Labute approximate surface area is 262 Å². The Morgan fingerprint density at radius 3 is 2.39 bits per heavy atom. The number of ketones is 1. The molecule has 1 amide bonds. The van der Waals surface area contributed by atoms with E-state index >= 15 is 0 Å². The van der Waals surface area contributed by atoms with E-state index in [-0.39, 0.29) is 11.7 Å². The van der Waals surface area contributed by atoms with Gasteiger partial charge in [-0.15, -0.1) is 22.7 Å². The van der Waals surface area contributed by atoms with Crippen molar-refractivity contribution in [2.75, 3.05) is 25.3 Å². The third-order valence-electron chi connectivity index (χ3n) is 7.04. The topological polar surface area (TPSA) is 104 Å². The second-order valence-electron chi connectivity index (χ2n) is 9.76. The highest BCUT2D eigenvalue weighted by molar-refractivity contribution is 7.21. The summed E-state index contributed by atoms with van der Waals surface area (Å²) in [4.78, 5) is 33.0. The van der Waals surface area contributed by atoms with Gasteiger partial charge in [-0.25, -0.2) is 4.98 Å². The molecular formula is C35H27N3O4S2. The van der Waals surface area contributed by atoms with Gasteiger partial charge in [0, 0.05) is 38.7 Å². The average Bonchev–Trinajstić information content (AvgIpc) is 3.71. The van der Waals surface area contributed by atoms with Crippen LogP contribution in [0.1, 0.15) is 24.9 Å². The van der Waals surface area contributed by atoms with Crippen molar-refractivity contribution in [1.82, 2.24) is 4.98 Å². The van der Waals surface area contributed by atoms with Crippen LogP contribution in [0.2, 0.25) is 0 Å². The number of nitrogens with two attached hydrogens (primary N) is 1. The van der Waals surface area contributed by atoms with E-state index in [2.05, 4.69) is 5.32 Å². The summed E-state index contributed by atoms with van der Waals surface area (Å²) >= 11 is 2.79. The number of amides is 1. The van der Waals surface area contributed by atoms with Gasteiger partial charge in [0.15, 0.2) is 5.78 Å². The first-order valence-electron chi connectivity index (χ1n) is 13.6. The summed E-state index contributed by atoms with van der Waals surface area (Å²) in [5.41, 5.74) is 11.3. The summed E-state index contributed by atoms with van der Waals surface area (Å²) in [6.07, 6.45) is 3.34. The SMILES string of the molecule is COc1ccc(-c2cc(-c3ccccc3)nc3sc(C(=O)Nc4ccc(C(=O)/C=C/c5cccs5)cc4)c(N)c23)c(OC)c1. The van der Waals surface area contributed by atoms with Crippen LogP contribution in [0.5, 0.6) is 11.5 Å². The summed E-state index contributed by atoms with van der Waals surface area (Å²) < 4.78 is 11.1. The van der Waals surface area contributed by atoms with Crippen LogP contribution in [-0.4, -0.2) is 30.9 Å². The zero-order valence-corrected chi connectivity index (χ0v) is 25.5. The molecule has 0 aliphatic carbocycles. The number of carbonyl (C=O) groups is 2. The summed E-state index contributed by atoms with van der Waals surface area (Å²) in [5, 5.41) is 5.55. The van der Waals surface area contributed by atoms with Gasteiger partial charge >= 0.3 is 0 Å². The number of allylic oxidation sites excluding steroid dienone is 1. The molecule has 0 spiro atoms. The lowest BCUT2D eigenvalue weighted by molar-refractivity contribution is 0.102. The van der Waals surface area contributed by atoms with Gasteiger partial charge in [-0.1, -0.05) is 36.4 Å². The summed E-state index contributed by atoms with van der Waals surface area (Å²) in [5.74, 6) is 0.777. The van der Waals surface area contributed by atoms with Gasteiger partial charge in [0.05, 0.1) is 25.6 Å². The Morgan fingerprint density at radius 2 is 1.68 bits per heavy atom. The third kappa shape index (κ3) is 5.83. The van der Waals surface area contributed by atoms with E-state index in [4.69, 9.17) is 20.2 Å². The van der Waals surface area contributed by atoms with E-state index < -0.39 is 0 Å². The lowest BCUT2D eigenvalue weighted by Crippen LogP contribution is -2.12. The maximum absolute atomic E-state index is 13.5. The Bertz CT molecular complexity index is 2000. The summed E-state index contributed by atoms with van der Waals surface area (Å²) in [6.45, 7) is 0. The zero-order valence-electron chi connectivity index (χ0n) is 23.9. The molecule has 218 valence electrons. The molecule has 6 rings (SSSR count). The van der Waals surface area contributed by atoms with Crippen LogP contribution in [0, 0.1) is 0 Å². The number of benzene rings is 3. The van der Waals surface area contributed by atoms with Crippen LogP contribution < -0.4 is 20.5 Å². The first-order valence-corrected chi connectivity index (χ1v) is 15.3. The minimum Gasteiger partial charge on any atom is -0.497 e. The lowest BCUT2D eigenvalue weighted by atomic mass is 9.98. The lowest BCUT2D eigenvalue weighted by Gasteiger charge is -2.13. The monoisotopic (exact) mass is 617 g/mol.